The summed E-state index contributed by atoms with van der Waals surface area (Å²) in [6.07, 6.45) is 6.13. The van der Waals surface area contributed by atoms with E-state index in [1.165, 1.54) is 0 Å². The Labute approximate surface area is 124 Å². The van der Waals surface area contributed by atoms with Crippen LogP contribution < -0.4 is 5.32 Å². The average Bonchev–Trinajstić information content (AvgIpc) is 2.67. The summed E-state index contributed by atoms with van der Waals surface area (Å²) >= 11 is 5.82. The third-order valence-corrected chi connectivity index (χ3v) is 4.08. The molecule has 1 saturated carbocycles. The van der Waals surface area contributed by atoms with Crippen molar-refractivity contribution in [2.75, 3.05) is 0 Å². The van der Waals surface area contributed by atoms with Gasteiger partial charge in [-0.2, -0.15) is 5.26 Å². The van der Waals surface area contributed by atoms with Gasteiger partial charge in [-0.3, -0.25) is 4.79 Å². The normalized spacial score (nSPS) is 17.8. The van der Waals surface area contributed by atoms with Gasteiger partial charge in [-0.25, -0.2) is 0 Å². The lowest BCUT2D eigenvalue weighted by molar-refractivity contribution is -0.121. The molecule has 0 saturated heterocycles. The van der Waals surface area contributed by atoms with Gasteiger partial charge >= 0.3 is 0 Å². The van der Waals surface area contributed by atoms with Crippen LogP contribution in [0.4, 0.5) is 0 Å². The molecule has 20 heavy (non-hydrogen) atoms. The van der Waals surface area contributed by atoms with Gasteiger partial charge < -0.3 is 5.32 Å². The summed E-state index contributed by atoms with van der Waals surface area (Å²) < 4.78 is 0. The van der Waals surface area contributed by atoms with E-state index in [2.05, 4.69) is 11.4 Å². The number of nitrogens with one attached hydrogen (secondary N) is 1. The molecule has 1 aliphatic rings. The molecular formula is C16H19ClN2O. The van der Waals surface area contributed by atoms with Crippen LogP contribution in [0.1, 0.15) is 44.1 Å². The molecule has 0 atom stereocenters. The molecule has 0 aromatic heterocycles. The number of hydrogen-bond acceptors (Lipinski definition) is 2. The van der Waals surface area contributed by atoms with E-state index in [9.17, 15) is 10.1 Å². The minimum absolute atomic E-state index is 0.0872. The number of benzene rings is 1. The Hall–Kier alpha value is -1.53. The average molecular weight is 291 g/mol. The molecule has 1 amide bonds. The summed E-state index contributed by atoms with van der Waals surface area (Å²) in [4.78, 5) is 12.1. The van der Waals surface area contributed by atoms with Crippen LogP contribution >= 0.6 is 11.6 Å². The highest BCUT2D eigenvalue weighted by Crippen LogP contribution is 2.26. The number of hydrogen-bond donors (Lipinski definition) is 1. The Morgan fingerprint density at radius 2 is 1.80 bits per heavy atom. The van der Waals surface area contributed by atoms with Gasteiger partial charge in [0, 0.05) is 5.02 Å². The standard InChI is InChI=1S/C16H19ClN2O/c17-14-7-5-13(6-8-14)11-15(20)19-16(12-18)9-3-1-2-4-10-16/h5-8H,1-4,9-11H2,(H,19,20). The second kappa shape index (κ2) is 6.76. The summed E-state index contributed by atoms with van der Waals surface area (Å²) in [6, 6.07) is 9.56. The first-order valence-corrected chi connectivity index (χ1v) is 7.48. The minimum Gasteiger partial charge on any atom is -0.338 e. The fourth-order valence-corrected chi connectivity index (χ4v) is 2.82. The van der Waals surface area contributed by atoms with E-state index in [1.54, 1.807) is 12.1 Å². The number of amides is 1. The van der Waals surface area contributed by atoms with Gasteiger partial charge in [0.25, 0.3) is 0 Å². The summed E-state index contributed by atoms with van der Waals surface area (Å²) in [5.74, 6) is -0.0872. The highest BCUT2D eigenvalue weighted by Gasteiger charge is 2.32. The first-order chi connectivity index (χ1) is 9.63. The van der Waals surface area contributed by atoms with Crippen molar-refractivity contribution in [1.82, 2.24) is 5.32 Å². The molecule has 0 bridgehead atoms. The number of carbonyl (C=O) groups excluding carboxylic acids is 1. The Morgan fingerprint density at radius 3 is 2.35 bits per heavy atom. The van der Waals surface area contributed by atoms with Crippen molar-refractivity contribution in [3.63, 3.8) is 0 Å². The maximum absolute atomic E-state index is 12.1. The lowest BCUT2D eigenvalue weighted by Crippen LogP contribution is -2.47. The Morgan fingerprint density at radius 1 is 1.20 bits per heavy atom. The highest BCUT2D eigenvalue weighted by molar-refractivity contribution is 6.30. The number of nitrogens with zero attached hydrogens (tertiary/aromatic N) is 1. The van der Waals surface area contributed by atoms with Gasteiger partial charge in [0.2, 0.25) is 5.91 Å². The fourth-order valence-electron chi connectivity index (χ4n) is 2.70. The second-order valence-corrected chi connectivity index (χ2v) is 5.90. The van der Waals surface area contributed by atoms with Crippen LogP contribution in [0.25, 0.3) is 0 Å². The lowest BCUT2D eigenvalue weighted by Gasteiger charge is -2.26. The van der Waals surface area contributed by atoms with Crippen molar-refractivity contribution in [1.29, 1.82) is 5.26 Å². The summed E-state index contributed by atoms with van der Waals surface area (Å²) in [6.45, 7) is 0. The first-order valence-electron chi connectivity index (χ1n) is 7.10. The maximum atomic E-state index is 12.1. The van der Waals surface area contributed by atoms with Crippen molar-refractivity contribution in [3.05, 3.63) is 34.9 Å². The highest BCUT2D eigenvalue weighted by atomic mass is 35.5. The van der Waals surface area contributed by atoms with Crippen molar-refractivity contribution in [2.24, 2.45) is 0 Å². The molecule has 3 nitrogen and oxygen atoms in total. The number of rotatable bonds is 3. The quantitative estimate of drug-likeness (QED) is 0.865. The first kappa shape index (κ1) is 14.9. The van der Waals surface area contributed by atoms with E-state index in [1.807, 2.05) is 12.1 Å². The van der Waals surface area contributed by atoms with Gasteiger partial charge in [0.15, 0.2) is 0 Å². The topological polar surface area (TPSA) is 52.9 Å². The predicted molar refractivity (Wildman–Crippen MR) is 79.3 cm³/mol. The van der Waals surface area contributed by atoms with E-state index in [0.29, 0.717) is 11.4 Å². The number of carbonyl (C=O) groups is 1. The van der Waals surface area contributed by atoms with Crippen LogP contribution in [0.2, 0.25) is 5.02 Å². The monoisotopic (exact) mass is 290 g/mol. The smallest absolute Gasteiger partial charge is 0.225 e. The zero-order chi connectivity index (χ0) is 14.4. The zero-order valence-corrected chi connectivity index (χ0v) is 12.2. The van der Waals surface area contributed by atoms with Crippen molar-refractivity contribution in [2.45, 2.75) is 50.5 Å². The van der Waals surface area contributed by atoms with Crippen LogP contribution in [-0.2, 0) is 11.2 Å². The molecule has 106 valence electrons. The second-order valence-electron chi connectivity index (χ2n) is 5.46. The maximum Gasteiger partial charge on any atom is 0.225 e. The van der Waals surface area contributed by atoms with E-state index in [4.69, 9.17) is 11.6 Å². The predicted octanol–water partition coefficient (Wildman–Crippen LogP) is 3.62. The molecular weight excluding hydrogens is 272 g/mol. The Bertz CT molecular complexity index is 496. The van der Waals surface area contributed by atoms with Gasteiger partial charge in [-0.15, -0.1) is 0 Å². The molecule has 0 aliphatic heterocycles. The number of nitriles is 1. The van der Waals surface area contributed by atoms with Crippen molar-refractivity contribution < 1.29 is 4.79 Å². The molecule has 1 fully saturated rings. The Kier molecular flexibility index (Phi) is 5.03. The van der Waals surface area contributed by atoms with E-state index < -0.39 is 5.54 Å². The third-order valence-electron chi connectivity index (χ3n) is 3.83. The SMILES string of the molecule is N#CC1(NC(=O)Cc2ccc(Cl)cc2)CCCCCC1. The van der Waals surface area contributed by atoms with Crippen molar-refractivity contribution >= 4 is 17.5 Å². The van der Waals surface area contributed by atoms with Crippen LogP contribution in [0.5, 0.6) is 0 Å². The molecule has 0 heterocycles. The zero-order valence-electron chi connectivity index (χ0n) is 11.5. The number of halogens is 1. The molecule has 4 heteroatoms. The molecule has 0 unspecified atom stereocenters. The van der Waals surface area contributed by atoms with Crippen LogP contribution in [-0.4, -0.2) is 11.4 Å². The fraction of sp³-hybridized carbons (Fsp3) is 0.500. The molecule has 1 aliphatic carbocycles. The van der Waals surface area contributed by atoms with Crippen LogP contribution in [0.3, 0.4) is 0 Å². The van der Waals surface area contributed by atoms with E-state index in [0.717, 1.165) is 44.1 Å². The summed E-state index contributed by atoms with van der Waals surface area (Å²) in [7, 11) is 0. The molecule has 2 rings (SSSR count). The van der Waals surface area contributed by atoms with E-state index in [-0.39, 0.29) is 5.91 Å². The molecule has 0 spiro atoms. The summed E-state index contributed by atoms with van der Waals surface area (Å²) in [5.41, 5.74) is 0.244. The van der Waals surface area contributed by atoms with Crippen LogP contribution in [0, 0.1) is 11.3 Å². The molecule has 1 aromatic rings. The van der Waals surface area contributed by atoms with Crippen LogP contribution in [0.15, 0.2) is 24.3 Å². The van der Waals surface area contributed by atoms with Gasteiger partial charge in [-0.05, 0) is 30.5 Å². The molecule has 1 aromatic carbocycles. The lowest BCUT2D eigenvalue weighted by atomic mass is 9.91. The van der Waals surface area contributed by atoms with Gasteiger partial charge in [0.05, 0.1) is 12.5 Å². The summed E-state index contributed by atoms with van der Waals surface area (Å²) in [5, 5.41) is 13.0. The Balaban J connectivity index is 1.98. The van der Waals surface area contributed by atoms with Gasteiger partial charge in [-0.1, -0.05) is 49.4 Å². The van der Waals surface area contributed by atoms with Gasteiger partial charge in [0.1, 0.15) is 5.54 Å². The third kappa shape index (κ3) is 3.98. The minimum atomic E-state index is -0.667. The molecule has 0 radical (unpaired) electrons. The van der Waals surface area contributed by atoms with Crippen molar-refractivity contribution in [3.8, 4) is 6.07 Å². The largest absolute Gasteiger partial charge is 0.338 e. The van der Waals surface area contributed by atoms with E-state index >= 15 is 0 Å². The molecule has 1 N–H and O–H groups in total.